The summed E-state index contributed by atoms with van der Waals surface area (Å²) in [6.07, 6.45) is 6.20. The third-order valence-electron chi connectivity index (χ3n) is 6.81. The first-order valence-electron chi connectivity index (χ1n) is 13.4. The number of phenolic OH excluding ortho intramolecular Hbond substituents is 1. The van der Waals surface area contributed by atoms with E-state index in [4.69, 9.17) is 10.00 Å². The van der Waals surface area contributed by atoms with Crippen molar-refractivity contribution in [2.75, 3.05) is 13.6 Å². The Balaban J connectivity index is 0.000000322. The smallest absolute Gasteiger partial charge is 0.407 e. The Labute approximate surface area is 232 Å². The van der Waals surface area contributed by atoms with Crippen LogP contribution in [-0.2, 0) is 11.2 Å². The molecular weight excluding hydrogens is 494 g/mol. The summed E-state index contributed by atoms with van der Waals surface area (Å²) in [4.78, 5) is 32.4. The molecule has 2 aliphatic rings. The van der Waals surface area contributed by atoms with E-state index in [9.17, 15) is 14.7 Å². The van der Waals surface area contributed by atoms with Crippen molar-refractivity contribution < 1.29 is 19.4 Å². The molecule has 0 aliphatic heterocycles. The summed E-state index contributed by atoms with van der Waals surface area (Å²) in [7, 11) is 1.73. The largest absolute Gasteiger partial charge is 0.507 e. The van der Waals surface area contributed by atoms with Crippen molar-refractivity contribution in [2.24, 2.45) is 15.4 Å². The van der Waals surface area contributed by atoms with Crippen LogP contribution in [0.1, 0.15) is 95.1 Å². The molecule has 1 fully saturated rings. The van der Waals surface area contributed by atoms with Crippen LogP contribution in [0.25, 0.3) is 5.70 Å². The van der Waals surface area contributed by atoms with Crippen LogP contribution in [0.2, 0.25) is 0 Å². The van der Waals surface area contributed by atoms with Crippen molar-refractivity contribution in [2.45, 2.75) is 91.7 Å². The number of allylic oxidation sites excluding steroid dienone is 1. The van der Waals surface area contributed by atoms with E-state index in [1.807, 2.05) is 47.6 Å². The number of carbonyl (C=O) groups excluding carboxylic acids is 2. The van der Waals surface area contributed by atoms with Gasteiger partial charge < -0.3 is 20.5 Å². The first kappa shape index (κ1) is 31.5. The molecule has 2 amide bonds. The number of rotatable bonds is 5. The minimum absolute atomic E-state index is 0.113. The molecule has 1 saturated carbocycles. The first-order chi connectivity index (χ1) is 18.3. The Bertz CT molecular complexity index is 1180. The van der Waals surface area contributed by atoms with Crippen LogP contribution in [0.15, 0.2) is 27.7 Å². The molecule has 39 heavy (non-hydrogen) atoms. The van der Waals surface area contributed by atoms with Crippen molar-refractivity contribution in [3.8, 4) is 11.8 Å². The lowest BCUT2D eigenvalue weighted by Gasteiger charge is -2.36. The highest BCUT2D eigenvalue weighted by Gasteiger charge is 2.37. The number of carbonyl (C=O) groups is 2. The first-order valence-corrected chi connectivity index (χ1v) is 13.4. The molecule has 212 valence electrons. The van der Waals surface area contributed by atoms with Gasteiger partial charge in [-0.2, -0.15) is 5.26 Å². The van der Waals surface area contributed by atoms with Crippen molar-refractivity contribution in [1.29, 1.82) is 5.26 Å². The standard InChI is InChI=1S/C19H22N4O2.C11H21NO2/c1-11(21-4)16-17(22-5)12-6-7-14(24)15(18(25)23-9-8-20)13(12)10-19(16,2)3;1-11(2,3)14-10(13)12-9-7-5-4-6-8-9/h6-7,24H,5,9-10H2,1-4H3,(H,23,25);9H,4-8H2,1-3H3,(H,12,13). The number of ether oxygens (including phenoxy) is 1. The molecule has 0 unspecified atom stereocenters. The Kier molecular flexibility index (Phi) is 10.8. The SMILES string of the molecule is C=NC1=C(C(C)=NC)C(C)(C)Cc2c1ccc(O)c2C(=O)NCC#N.CC(C)(C)OC(=O)NC1CCCCC1. The topological polar surface area (TPSA) is 136 Å². The third kappa shape index (κ3) is 8.41. The van der Waals surface area contributed by atoms with Gasteiger partial charge in [0.25, 0.3) is 5.91 Å². The molecule has 0 saturated heterocycles. The van der Waals surface area contributed by atoms with Gasteiger partial charge in [-0.15, -0.1) is 0 Å². The normalized spacial score (nSPS) is 17.1. The van der Waals surface area contributed by atoms with Crippen LogP contribution in [0.5, 0.6) is 5.75 Å². The number of nitriles is 1. The summed E-state index contributed by atoms with van der Waals surface area (Å²) < 4.78 is 5.19. The van der Waals surface area contributed by atoms with E-state index in [-0.39, 0.29) is 29.4 Å². The minimum atomic E-state index is -0.473. The van der Waals surface area contributed by atoms with Crippen molar-refractivity contribution in [3.63, 3.8) is 0 Å². The molecule has 9 heteroatoms. The number of phenols is 1. The van der Waals surface area contributed by atoms with Crippen LogP contribution in [-0.4, -0.2) is 54.8 Å². The summed E-state index contributed by atoms with van der Waals surface area (Å²) in [5.74, 6) is -0.586. The monoisotopic (exact) mass is 537 g/mol. The van der Waals surface area contributed by atoms with E-state index >= 15 is 0 Å². The Morgan fingerprint density at radius 3 is 2.41 bits per heavy atom. The highest BCUT2D eigenvalue weighted by molar-refractivity contribution is 6.08. The van der Waals surface area contributed by atoms with E-state index < -0.39 is 11.5 Å². The summed E-state index contributed by atoms with van der Waals surface area (Å²) in [5.41, 5.74) is 3.43. The van der Waals surface area contributed by atoms with Gasteiger partial charge in [-0.25, -0.2) is 4.79 Å². The molecule has 1 aromatic rings. The van der Waals surface area contributed by atoms with E-state index in [2.05, 4.69) is 27.3 Å². The van der Waals surface area contributed by atoms with Gasteiger partial charge in [-0.1, -0.05) is 33.1 Å². The predicted molar refractivity (Wildman–Crippen MR) is 155 cm³/mol. The molecule has 1 aromatic carbocycles. The van der Waals surface area contributed by atoms with E-state index in [1.54, 1.807) is 13.1 Å². The van der Waals surface area contributed by atoms with Gasteiger partial charge in [0.1, 0.15) is 17.9 Å². The molecular formula is C30H43N5O4. The van der Waals surface area contributed by atoms with Crippen LogP contribution in [0, 0.1) is 16.7 Å². The van der Waals surface area contributed by atoms with Crippen LogP contribution in [0.4, 0.5) is 4.79 Å². The number of fused-ring (bicyclic) bond motifs is 1. The molecule has 2 aliphatic carbocycles. The van der Waals surface area contributed by atoms with Crippen LogP contribution < -0.4 is 10.6 Å². The van der Waals surface area contributed by atoms with Crippen molar-refractivity contribution in [3.05, 3.63) is 34.4 Å². The Morgan fingerprint density at radius 2 is 1.87 bits per heavy atom. The van der Waals surface area contributed by atoms with Gasteiger partial charge in [0.15, 0.2) is 0 Å². The van der Waals surface area contributed by atoms with Gasteiger partial charge in [-0.3, -0.25) is 14.8 Å². The highest BCUT2D eigenvalue weighted by Crippen LogP contribution is 2.46. The molecule has 0 atom stereocenters. The number of aromatic hydroxyl groups is 1. The summed E-state index contributed by atoms with van der Waals surface area (Å²) in [5, 5.41) is 24.4. The second-order valence-corrected chi connectivity index (χ2v) is 11.6. The van der Waals surface area contributed by atoms with Crippen molar-refractivity contribution >= 4 is 30.1 Å². The molecule has 0 heterocycles. The quantitative estimate of drug-likeness (QED) is 0.333. The third-order valence-corrected chi connectivity index (χ3v) is 6.81. The van der Waals surface area contributed by atoms with Gasteiger partial charge in [0.05, 0.1) is 17.3 Å². The van der Waals surface area contributed by atoms with E-state index in [0.29, 0.717) is 23.7 Å². The second kappa shape index (κ2) is 13.4. The molecule has 0 spiro atoms. The zero-order valence-electron chi connectivity index (χ0n) is 24.4. The summed E-state index contributed by atoms with van der Waals surface area (Å²) >= 11 is 0. The molecule has 3 rings (SSSR count). The fraction of sp³-hybridized carbons (Fsp3) is 0.567. The molecule has 0 bridgehead atoms. The van der Waals surface area contributed by atoms with Gasteiger partial charge >= 0.3 is 6.09 Å². The van der Waals surface area contributed by atoms with Gasteiger partial charge in [0.2, 0.25) is 0 Å². The molecule has 0 radical (unpaired) electrons. The van der Waals surface area contributed by atoms with Crippen LogP contribution >= 0.6 is 0 Å². The van der Waals surface area contributed by atoms with Gasteiger partial charge in [-0.05, 0) is 76.8 Å². The average Bonchev–Trinajstić information content (AvgIpc) is 2.85. The highest BCUT2D eigenvalue weighted by atomic mass is 16.6. The maximum absolute atomic E-state index is 12.5. The zero-order valence-corrected chi connectivity index (χ0v) is 24.4. The van der Waals surface area contributed by atoms with E-state index in [1.165, 1.54) is 25.3 Å². The molecule has 3 N–H and O–H groups in total. The maximum atomic E-state index is 12.5. The number of amides is 2. The fourth-order valence-electron chi connectivity index (χ4n) is 5.15. The Hall–Kier alpha value is -3.67. The maximum Gasteiger partial charge on any atom is 0.407 e. The fourth-order valence-corrected chi connectivity index (χ4v) is 5.15. The zero-order chi connectivity index (χ0) is 29.4. The summed E-state index contributed by atoms with van der Waals surface area (Å²) in [6.45, 7) is 15.2. The van der Waals surface area contributed by atoms with Gasteiger partial charge in [0, 0.05) is 29.9 Å². The number of benzene rings is 1. The number of nitrogens with one attached hydrogen (secondary N) is 2. The molecule has 9 nitrogen and oxygen atoms in total. The number of aliphatic imine (C=N–C) groups is 2. The second-order valence-electron chi connectivity index (χ2n) is 11.6. The molecule has 0 aromatic heterocycles. The lowest BCUT2D eigenvalue weighted by Crippen LogP contribution is -2.39. The van der Waals surface area contributed by atoms with Crippen LogP contribution in [0.3, 0.4) is 0 Å². The number of hydrogen-bond donors (Lipinski definition) is 3. The lowest BCUT2D eigenvalue weighted by atomic mass is 9.69. The van der Waals surface area contributed by atoms with Crippen molar-refractivity contribution in [1.82, 2.24) is 10.6 Å². The number of hydrogen-bond acceptors (Lipinski definition) is 7. The minimum Gasteiger partial charge on any atom is -0.507 e. The Morgan fingerprint density at radius 1 is 1.23 bits per heavy atom. The predicted octanol–water partition coefficient (Wildman–Crippen LogP) is 5.57. The van der Waals surface area contributed by atoms with E-state index in [0.717, 1.165) is 29.7 Å². The number of nitrogens with zero attached hydrogens (tertiary/aromatic N) is 3. The lowest BCUT2D eigenvalue weighted by molar-refractivity contribution is 0.0493. The summed E-state index contributed by atoms with van der Waals surface area (Å²) in [6, 6.07) is 5.41. The number of alkyl carbamates (subject to hydrolysis) is 1. The average molecular weight is 538 g/mol.